The number of oxime groups is 1. The molecule has 206 valence electrons. The van der Waals surface area contributed by atoms with Crippen molar-refractivity contribution < 1.29 is 31.8 Å². The average Bonchev–Trinajstić information content (AvgIpc) is 3.27. The lowest BCUT2D eigenvalue weighted by Crippen LogP contribution is -2.42. The molecule has 13 heteroatoms. The molecule has 0 bridgehead atoms. The quantitative estimate of drug-likeness (QED) is 0.405. The number of carbonyl (C=O) groups excluding carboxylic acids is 2. The molecule has 7 nitrogen and oxygen atoms in total. The van der Waals surface area contributed by atoms with Gasteiger partial charge in [0.2, 0.25) is 5.91 Å². The Morgan fingerprint density at radius 3 is 2.42 bits per heavy atom. The van der Waals surface area contributed by atoms with Crippen molar-refractivity contribution in [2.24, 2.45) is 9.52 Å². The summed E-state index contributed by atoms with van der Waals surface area (Å²) in [7, 11) is -2.99. The number of nitrogens with zero attached hydrogens (tertiary/aromatic N) is 2. The number of aryl methyl sites for hydroxylation is 1. The van der Waals surface area contributed by atoms with E-state index in [2.05, 4.69) is 14.8 Å². The zero-order valence-electron chi connectivity index (χ0n) is 20.8. The average molecular weight is 592 g/mol. The third kappa shape index (κ3) is 6.86. The van der Waals surface area contributed by atoms with Gasteiger partial charge in [0.05, 0.1) is 15.4 Å². The van der Waals surface area contributed by atoms with E-state index in [-0.39, 0.29) is 45.0 Å². The fourth-order valence-corrected chi connectivity index (χ4v) is 5.46. The molecule has 1 aliphatic heterocycles. The Morgan fingerprint density at radius 1 is 1.18 bits per heavy atom. The maximum absolute atomic E-state index is 14.2. The van der Waals surface area contributed by atoms with Crippen LogP contribution in [-0.4, -0.2) is 46.5 Å². The van der Waals surface area contributed by atoms with Gasteiger partial charge in [-0.05, 0) is 54.8 Å². The first-order chi connectivity index (χ1) is 17.7. The summed E-state index contributed by atoms with van der Waals surface area (Å²) < 4.78 is 59.3. The molecule has 3 rings (SSSR count). The summed E-state index contributed by atoms with van der Waals surface area (Å²) in [6.07, 6.45) is -3.47. The molecule has 1 heterocycles. The molecule has 2 amide bonds. The second kappa shape index (κ2) is 11.6. The molecule has 0 aliphatic carbocycles. The van der Waals surface area contributed by atoms with Gasteiger partial charge in [0.25, 0.3) is 11.5 Å². The third-order valence-electron chi connectivity index (χ3n) is 5.86. The van der Waals surface area contributed by atoms with Gasteiger partial charge in [-0.15, -0.1) is 0 Å². The van der Waals surface area contributed by atoms with Crippen LogP contribution in [0.4, 0.5) is 13.2 Å². The van der Waals surface area contributed by atoms with Crippen molar-refractivity contribution in [3.8, 4) is 0 Å². The van der Waals surface area contributed by atoms with Crippen LogP contribution in [0.5, 0.6) is 0 Å². The molecule has 2 unspecified atom stereocenters. The van der Waals surface area contributed by atoms with Gasteiger partial charge >= 0.3 is 6.18 Å². The molecular formula is C25H26Cl2F3N3O4S. The molecule has 2 aromatic rings. The fourth-order valence-electron chi connectivity index (χ4n) is 3.83. The molecule has 2 atom stereocenters. The van der Waals surface area contributed by atoms with E-state index >= 15 is 0 Å². The van der Waals surface area contributed by atoms with E-state index in [0.717, 1.165) is 18.6 Å². The molecule has 1 aliphatic rings. The van der Waals surface area contributed by atoms with Crippen molar-refractivity contribution in [1.29, 1.82) is 0 Å². The van der Waals surface area contributed by atoms with E-state index in [9.17, 15) is 27.0 Å². The standard InChI is InChI=1S/C25H26Cl2F3N3O4S/c1-4-8-31-22(34)7-9-38(3,36)33-23(35)20-6-5-16(10-15(20)2)21-14-24(37-32-21,25(28,29)30)17-11-18(26)13-19(27)12-17/h5-6,10-13H,4,7-9,14H2,1-3H3,(H,31,34). The Balaban J connectivity index is 1.82. The molecule has 0 aromatic heterocycles. The molecule has 0 saturated heterocycles. The highest BCUT2D eigenvalue weighted by Crippen LogP contribution is 2.49. The maximum Gasteiger partial charge on any atom is 0.435 e. The fraction of sp³-hybridized carbons (Fsp3) is 0.400. The van der Waals surface area contributed by atoms with Crippen LogP contribution < -0.4 is 5.32 Å². The van der Waals surface area contributed by atoms with Gasteiger partial charge in [-0.25, -0.2) is 4.21 Å². The van der Waals surface area contributed by atoms with E-state index in [0.29, 0.717) is 17.7 Å². The van der Waals surface area contributed by atoms with Crippen molar-refractivity contribution in [2.45, 2.75) is 44.9 Å². The SMILES string of the molecule is CCCNC(=O)CCS(C)(=O)=NC(=O)c1ccc(C2=NOC(c3cc(Cl)cc(Cl)c3)(C(F)(F)F)C2)cc1C. The Kier molecular flexibility index (Phi) is 9.16. The molecule has 1 N–H and O–H groups in total. The van der Waals surface area contributed by atoms with Crippen LogP contribution >= 0.6 is 23.2 Å². The lowest BCUT2D eigenvalue weighted by atomic mass is 9.86. The van der Waals surface area contributed by atoms with Crippen molar-refractivity contribution in [3.63, 3.8) is 0 Å². The van der Waals surface area contributed by atoms with Gasteiger partial charge < -0.3 is 10.2 Å². The highest BCUT2D eigenvalue weighted by Gasteiger charge is 2.62. The molecule has 38 heavy (non-hydrogen) atoms. The first-order valence-electron chi connectivity index (χ1n) is 11.6. The number of alkyl halides is 3. The summed E-state index contributed by atoms with van der Waals surface area (Å²) in [6.45, 7) is 3.98. The zero-order valence-corrected chi connectivity index (χ0v) is 23.2. The van der Waals surface area contributed by atoms with Gasteiger partial charge in [0.1, 0.15) is 0 Å². The van der Waals surface area contributed by atoms with E-state index in [4.69, 9.17) is 28.0 Å². The number of benzene rings is 2. The summed E-state index contributed by atoms with van der Waals surface area (Å²) in [4.78, 5) is 29.5. The zero-order chi connectivity index (χ0) is 28.3. The number of halogens is 5. The smallest absolute Gasteiger partial charge is 0.374 e. The Morgan fingerprint density at radius 2 is 1.84 bits per heavy atom. The number of amides is 2. The lowest BCUT2D eigenvalue weighted by molar-refractivity contribution is -0.275. The molecule has 0 fully saturated rings. The lowest BCUT2D eigenvalue weighted by Gasteiger charge is -2.29. The largest absolute Gasteiger partial charge is 0.435 e. The summed E-state index contributed by atoms with van der Waals surface area (Å²) in [6, 6.07) is 7.86. The van der Waals surface area contributed by atoms with Crippen LogP contribution in [0.1, 0.15) is 53.2 Å². The number of rotatable bonds is 8. The summed E-state index contributed by atoms with van der Waals surface area (Å²) >= 11 is 11.9. The highest BCUT2D eigenvalue weighted by molar-refractivity contribution is 7.93. The number of hydrogen-bond donors (Lipinski definition) is 1. The van der Waals surface area contributed by atoms with E-state index < -0.39 is 33.8 Å². The minimum absolute atomic E-state index is 0.00911. The second-order valence-corrected chi connectivity index (χ2v) is 12.4. The minimum atomic E-state index is -4.84. The molecule has 0 saturated carbocycles. The third-order valence-corrected chi connectivity index (χ3v) is 7.81. The maximum atomic E-state index is 14.2. The van der Waals surface area contributed by atoms with Crippen LogP contribution in [0.2, 0.25) is 10.0 Å². The Hall–Kier alpha value is -2.63. The van der Waals surface area contributed by atoms with Gasteiger partial charge in [0, 0.05) is 52.6 Å². The van der Waals surface area contributed by atoms with Crippen molar-refractivity contribution in [3.05, 3.63) is 68.7 Å². The minimum Gasteiger partial charge on any atom is -0.374 e. The van der Waals surface area contributed by atoms with Crippen molar-refractivity contribution >= 4 is 50.5 Å². The van der Waals surface area contributed by atoms with Gasteiger partial charge in [-0.2, -0.15) is 17.5 Å². The molecule has 0 spiro atoms. The van der Waals surface area contributed by atoms with Crippen LogP contribution in [0.25, 0.3) is 0 Å². The van der Waals surface area contributed by atoms with Crippen LogP contribution in [-0.2, 0) is 25.0 Å². The molecule has 0 radical (unpaired) electrons. The van der Waals surface area contributed by atoms with Crippen LogP contribution in [0.15, 0.2) is 45.9 Å². The molecule has 2 aromatic carbocycles. The Bertz CT molecular complexity index is 1380. The summed E-state index contributed by atoms with van der Waals surface area (Å²) in [5.74, 6) is -1.12. The van der Waals surface area contributed by atoms with E-state index in [1.807, 2.05) is 6.92 Å². The Labute approximate surface area is 228 Å². The summed E-state index contributed by atoms with van der Waals surface area (Å²) in [5.41, 5.74) is -2.24. The predicted octanol–water partition coefficient (Wildman–Crippen LogP) is 6.04. The van der Waals surface area contributed by atoms with Crippen molar-refractivity contribution in [1.82, 2.24) is 5.32 Å². The summed E-state index contributed by atoms with van der Waals surface area (Å²) in [5, 5.41) is 6.42. The van der Waals surface area contributed by atoms with E-state index in [1.54, 1.807) is 6.92 Å². The van der Waals surface area contributed by atoms with Gasteiger partial charge in [0.15, 0.2) is 0 Å². The van der Waals surface area contributed by atoms with Crippen LogP contribution in [0, 0.1) is 6.92 Å². The normalized spacial score (nSPS) is 18.8. The second-order valence-electron chi connectivity index (χ2n) is 8.98. The number of nitrogens with one attached hydrogen (secondary N) is 1. The first kappa shape index (κ1) is 29.9. The topological polar surface area (TPSA) is 97.2 Å². The number of hydrogen-bond acceptors (Lipinski definition) is 5. The number of carbonyl (C=O) groups is 2. The van der Waals surface area contributed by atoms with Crippen LogP contribution in [0.3, 0.4) is 0 Å². The predicted molar refractivity (Wildman–Crippen MR) is 141 cm³/mol. The first-order valence-corrected chi connectivity index (χ1v) is 14.4. The van der Waals surface area contributed by atoms with Gasteiger partial charge in [-0.3, -0.25) is 9.59 Å². The monoisotopic (exact) mass is 591 g/mol. The molecular weight excluding hydrogens is 566 g/mol. The van der Waals surface area contributed by atoms with E-state index in [1.165, 1.54) is 30.5 Å². The van der Waals surface area contributed by atoms with Crippen molar-refractivity contribution in [2.75, 3.05) is 18.6 Å². The highest BCUT2D eigenvalue weighted by atomic mass is 35.5. The van der Waals surface area contributed by atoms with Gasteiger partial charge in [-0.1, -0.05) is 41.3 Å².